The van der Waals surface area contributed by atoms with Crippen LogP contribution in [0.4, 0.5) is 0 Å². The zero-order chi connectivity index (χ0) is 15.5. The van der Waals surface area contributed by atoms with Crippen LogP contribution in [0.3, 0.4) is 0 Å². The lowest BCUT2D eigenvalue weighted by atomic mass is 10.1. The highest BCUT2D eigenvalue weighted by molar-refractivity contribution is 5.96. The predicted octanol–water partition coefficient (Wildman–Crippen LogP) is 1.13. The van der Waals surface area contributed by atoms with Crippen LogP contribution < -0.4 is 4.74 Å². The maximum Gasteiger partial charge on any atom is 0.259 e. The Bertz CT molecular complexity index is 670. The number of carbonyl (C=O) groups is 1. The van der Waals surface area contributed by atoms with Gasteiger partial charge in [0.15, 0.2) is 0 Å². The smallest absolute Gasteiger partial charge is 0.259 e. The SMILES string of the molecule is COC[C@@H]1CN(C(=O)c2cccnc2OC)Cc2cncn21. The van der Waals surface area contributed by atoms with Crippen LogP contribution in [0.25, 0.3) is 0 Å². The van der Waals surface area contributed by atoms with Gasteiger partial charge in [0.05, 0.1) is 38.3 Å². The minimum absolute atomic E-state index is 0.0582. The van der Waals surface area contributed by atoms with Crippen molar-refractivity contribution in [2.24, 2.45) is 0 Å². The monoisotopic (exact) mass is 302 g/mol. The molecule has 22 heavy (non-hydrogen) atoms. The van der Waals surface area contributed by atoms with Gasteiger partial charge in [0.1, 0.15) is 5.56 Å². The van der Waals surface area contributed by atoms with Crippen molar-refractivity contribution in [1.29, 1.82) is 0 Å². The Balaban J connectivity index is 1.88. The van der Waals surface area contributed by atoms with E-state index in [-0.39, 0.29) is 11.9 Å². The summed E-state index contributed by atoms with van der Waals surface area (Å²) in [5, 5.41) is 0. The zero-order valence-corrected chi connectivity index (χ0v) is 12.6. The molecule has 0 aliphatic carbocycles. The second-order valence-corrected chi connectivity index (χ2v) is 5.15. The highest BCUT2D eigenvalue weighted by Gasteiger charge is 2.29. The van der Waals surface area contributed by atoms with Crippen LogP contribution in [0, 0.1) is 0 Å². The molecule has 0 saturated heterocycles. The summed E-state index contributed by atoms with van der Waals surface area (Å²) < 4.78 is 12.5. The largest absolute Gasteiger partial charge is 0.480 e. The summed E-state index contributed by atoms with van der Waals surface area (Å²) in [7, 11) is 3.17. The molecule has 2 aromatic rings. The minimum atomic E-state index is -0.0986. The lowest BCUT2D eigenvalue weighted by Crippen LogP contribution is -2.42. The first-order valence-corrected chi connectivity index (χ1v) is 7.02. The summed E-state index contributed by atoms with van der Waals surface area (Å²) in [5.41, 5.74) is 1.46. The molecule has 1 aliphatic rings. The van der Waals surface area contributed by atoms with E-state index >= 15 is 0 Å². The highest BCUT2D eigenvalue weighted by Crippen LogP contribution is 2.24. The first-order valence-electron chi connectivity index (χ1n) is 7.02. The van der Waals surface area contributed by atoms with Gasteiger partial charge in [0.25, 0.3) is 5.91 Å². The Morgan fingerprint density at radius 2 is 2.32 bits per heavy atom. The molecule has 0 bridgehead atoms. The third kappa shape index (κ3) is 2.55. The molecule has 3 rings (SSSR count). The van der Waals surface area contributed by atoms with Crippen LogP contribution in [0.1, 0.15) is 22.1 Å². The normalized spacial score (nSPS) is 17.2. The van der Waals surface area contributed by atoms with Gasteiger partial charge < -0.3 is 18.9 Å². The summed E-state index contributed by atoms with van der Waals surface area (Å²) in [4.78, 5) is 22.8. The quantitative estimate of drug-likeness (QED) is 0.847. The standard InChI is InChI=1S/C15H18N4O3/c1-21-9-12-8-18(7-11-6-16-10-19(11)12)15(20)13-4-3-5-17-14(13)22-2/h3-6,10,12H,7-9H2,1-2H3/t12-/m0/s1. The summed E-state index contributed by atoms with van der Waals surface area (Å²) in [6.45, 7) is 1.60. The number of hydrogen-bond donors (Lipinski definition) is 0. The average molecular weight is 302 g/mol. The minimum Gasteiger partial charge on any atom is -0.480 e. The number of fused-ring (bicyclic) bond motifs is 1. The molecule has 0 N–H and O–H groups in total. The number of rotatable bonds is 4. The van der Waals surface area contributed by atoms with Crippen LogP contribution in [0.15, 0.2) is 30.9 Å². The molecule has 0 saturated carbocycles. The topological polar surface area (TPSA) is 69.5 Å². The van der Waals surface area contributed by atoms with Crippen molar-refractivity contribution in [3.05, 3.63) is 42.1 Å². The van der Waals surface area contributed by atoms with Crippen molar-refractivity contribution >= 4 is 5.91 Å². The van der Waals surface area contributed by atoms with E-state index < -0.39 is 0 Å². The third-order valence-corrected chi connectivity index (χ3v) is 3.76. The number of amides is 1. The fraction of sp³-hybridized carbons (Fsp3) is 0.400. The summed E-state index contributed by atoms with van der Waals surface area (Å²) in [6, 6.07) is 3.52. The zero-order valence-electron chi connectivity index (χ0n) is 12.6. The molecule has 116 valence electrons. The van der Waals surface area contributed by atoms with Gasteiger partial charge in [0, 0.05) is 26.0 Å². The molecule has 0 unspecified atom stereocenters. The van der Waals surface area contributed by atoms with E-state index in [1.54, 1.807) is 42.9 Å². The maximum absolute atomic E-state index is 12.8. The van der Waals surface area contributed by atoms with Gasteiger partial charge in [-0.1, -0.05) is 0 Å². The average Bonchev–Trinajstić information content (AvgIpc) is 3.03. The molecule has 3 heterocycles. The lowest BCUT2D eigenvalue weighted by Gasteiger charge is -2.34. The number of ether oxygens (including phenoxy) is 2. The van der Waals surface area contributed by atoms with Crippen LogP contribution in [-0.4, -0.2) is 52.7 Å². The van der Waals surface area contributed by atoms with Gasteiger partial charge in [-0.3, -0.25) is 4.79 Å². The van der Waals surface area contributed by atoms with Crippen molar-refractivity contribution in [2.75, 3.05) is 27.4 Å². The number of carbonyl (C=O) groups excluding carboxylic acids is 1. The Morgan fingerprint density at radius 1 is 1.45 bits per heavy atom. The second-order valence-electron chi connectivity index (χ2n) is 5.15. The Labute approximate surface area is 128 Å². The Kier molecular flexibility index (Phi) is 4.06. The number of hydrogen-bond acceptors (Lipinski definition) is 5. The fourth-order valence-electron chi connectivity index (χ4n) is 2.75. The second kappa shape index (κ2) is 6.15. The Morgan fingerprint density at radius 3 is 3.09 bits per heavy atom. The van der Waals surface area contributed by atoms with E-state index in [0.29, 0.717) is 31.1 Å². The van der Waals surface area contributed by atoms with Crippen molar-refractivity contribution in [2.45, 2.75) is 12.6 Å². The van der Waals surface area contributed by atoms with Crippen LogP contribution in [-0.2, 0) is 11.3 Å². The highest BCUT2D eigenvalue weighted by atomic mass is 16.5. The number of aromatic nitrogens is 3. The van der Waals surface area contributed by atoms with Crippen molar-refractivity contribution in [1.82, 2.24) is 19.4 Å². The van der Waals surface area contributed by atoms with Gasteiger partial charge in [-0.2, -0.15) is 0 Å². The van der Waals surface area contributed by atoms with Gasteiger partial charge >= 0.3 is 0 Å². The number of methoxy groups -OCH3 is 2. The molecular weight excluding hydrogens is 284 g/mol. The molecule has 1 atom stereocenters. The number of nitrogens with zero attached hydrogens (tertiary/aromatic N) is 4. The fourth-order valence-corrected chi connectivity index (χ4v) is 2.75. The molecule has 1 amide bonds. The summed E-state index contributed by atoms with van der Waals surface area (Å²) >= 11 is 0. The molecule has 0 aromatic carbocycles. The molecule has 2 aromatic heterocycles. The van der Waals surface area contributed by atoms with Gasteiger partial charge in [-0.25, -0.2) is 9.97 Å². The maximum atomic E-state index is 12.8. The van der Waals surface area contributed by atoms with Gasteiger partial charge in [0.2, 0.25) is 5.88 Å². The van der Waals surface area contributed by atoms with E-state index in [1.165, 1.54) is 7.11 Å². The predicted molar refractivity (Wildman–Crippen MR) is 78.7 cm³/mol. The van der Waals surface area contributed by atoms with Gasteiger partial charge in [-0.15, -0.1) is 0 Å². The van der Waals surface area contributed by atoms with E-state index in [1.807, 2.05) is 0 Å². The molecule has 0 fully saturated rings. The summed E-state index contributed by atoms with van der Waals surface area (Å²) in [6.07, 6.45) is 5.17. The number of pyridine rings is 1. The Hall–Kier alpha value is -2.41. The van der Waals surface area contributed by atoms with Crippen molar-refractivity contribution < 1.29 is 14.3 Å². The van der Waals surface area contributed by atoms with E-state index in [0.717, 1.165) is 5.69 Å². The van der Waals surface area contributed by atoms with Gasteiger partial charge in [-0.05, 0) is 12.1 Å². The molecule has 7 heteroatoms. The van der Waals surface area contributed by atoms with E-state index in [2.05, 4.69) is 14.5 Å². The van der Waals surface area contributed by atoms with E-state index in [9.17, 15) is 4.79 Å². The molecule has 0 radical (unpaired) electrons. The molecule has 7 nitrogen and oxygen atoms in total. The molecule has 0 spiro atoms. The van der Waals surface area contributed by atoms with Crippen molar-refractivity contribution in [3.63, 3.8) is 0 Å². The van der Waals surface area contributed by atoms with Crippen LogP contribution in [0.5, 0.6) is 5.88 Å². The van der Waals surface area contributed by atoms with Crippen LogP contribution >= 0.6 is 0 Å². The lowest BCUT2D eigenvalue weighted by molar-refractivity contribution is 0.0596. The summed E-state index contributed by atoms with van der Waals surface area (Å²) in [5.74, 6) is 0.244. The van der Waals surface area contributed by atoms with E-state index in [4.69, 9.17) is 9.47 Å². The molecule has 1 aliphatic heterocycles. The van der Waals surface area contributed by atoms with Crippen LogP contribution in [0.2, 0.25) is 0 Å². The van der Waals surface area contributed by atoms with Crippen molar-refractivity contribution in [3.8, 4) is 5.88 Å². The first kappa shape index (κ1) is 14.5. The third-order valence-electron chi connectivity index (χ3n) is 3.76. The number of imidazole rings is 1. The molecular formula is C15H18N4O3. The first-order chi connectivity index (χ1) is 10.7.